The van der Waals surface area contributed by atoms with Crippen molar-refractivity contribution in [3.63, 3.8) is 0 Å². The topological polar surface area (TPSA) is 56.5 Å². The maximum absolute atomic E-state index is 4.88. The average molecular weight is 339 g/mol. The van der Waals surface area contributed by atoms with Crippen molar-refractivity contribution < 1.29 is 0 Å². The third-order valence-electron chi connectivity index (χ3n) is 4.87. The highest BCUT2D eigenvalue weighted by Crippen LogP contribution is 2.24. The van der Waals surface area contributed by atoms with Gasteiger partial charge in [0.2, 0.25) is 0 Å². The van der Waals surface area contributed by atoms with Crippen LogP contribution in [-0.4, -0.2) is 24.5 Å². The predicted octanol–water partition coefficient (Wildman–Crippen LogP) is 3.85. The molecule has 5 rings (SSSR count). The van der Waals surface area contributed by atoms with Crippen LogP contribution in [0.2, 0.25) is 0 Å². The molecule has 26 heavy (non-hydrogen) atoms. The molecule has 0 aliphatic rings. The van der Waals surface area contributed by atoms with Gasteiger partial charge in [-0.1, -0.05) is 12.1 Å². The van der Waals surface area contributed by atoms with Crippen molar-refractivity contribution >= 4 is 32.8 Å². The third-order valence-corrected chi connectivity index (χ3v) is 4.87. The van der Waals surface area contributed by atoms with Crippen LogP contribution in [0, 0.1) is 0 Å². The smallest absolute Gasteiger partial charge is 0.115 e. The zero-order valence-corrected chi connectivity index (χ0v) is 14.4. The standard InChI is InChI=1S/C21H17N5/c1-26-18-8-5-14-3-2-11-23-20(14)21(18)25-19(26)9-7-16-6-4-15-13-22-12-10-17(15)24-16/h2-6,8,10-13H,7,9H2,1H3. The van der Waals surface area contributed by atoms with Gasteiger partial charge in [0.05, 0.1) is 16.6 Å². The number of imidazole rings is 1. The number of rotatable bonds is 3. The maximum Gasteiger partial charge on any atom is 0.115 e. The Morgan fingerprint density at radius 2 is 1.77 bits per heavy atom. The van der Waals surface area contributed by atoms with Crippen molar-refractivity contribution in [3.05, 3.63) is 72.6 Å². The molecule has 1 aromatic carbocycles. The molecular weight excluding hydrogens is 322 g/mol. The summed E-state index contributed by atoms with van der Waals surface area (Å²) < 4.78 is 2.16. The molecule has 126 valence electrons. The molecule has 5 nitrogen and oxygen atoms in total. The molecule has 0 radical (unpaired) electrons. The van der Waals surface area contributed by atoms with Crippen molar-refractivity contribution in [2.45, 2.75) is 12.8 Å². The maximum atomic E-state index is 4.88. The van der Waals surface area contributed by atoms with Crippen LogP contribution in [0.25, 0.3) is 32.8 Å². The van der Waals surface area contributed by atoms with Gasteiger partial charge in [-0.3, -0.25) is 15.0 Å². The van der Waals surface area contributed by atoms with E-state index in [0.717, 1.165) is 57.2 Å². The molecule has 0 bridgehead atoms. The average Bonchev–Trinajstić information content (AvgIpc) is 3.02. The Balaban J connectivity index is 1.50. The van der Waals surface area contributed by atoms with Crippen LogP contribution < -0.4 is 0 Å². The number of hydrogen-bond acceptors (Lipinski definition) is 4. The molecule has 0 N–H and O–H groups in total. The van der Waals surface area contributed by atoms with Crippen molar-refractivity contribution in [2.24, 2.45) is 7.05 Å². The monoisotopic (exact) mass is 339 g/mol. The Hall–Kier alpha value is -3.34. The fraction of sp³-hybridized carbons (Fsp3) is 0.143. The molecule has 0 aliphatic carbocycles. The van der Waals surface area contributed by atoms with E-state index < -0.39 is 0 Å². The normalized spacial score (nSPS) is 11.6. The Labute approximate surface area is 150 Å². The molecular formula is C21H17N5. The van der Waals surface area contributed by atoms with Gasteiger partial charge in [0.1, 0.15) is 11.3 Å². The first-order chi connectivity index (χ1) is 12.8. The van der Waals surface area contributed by atoms with E-state index in [-0.39, 0.29) is 0 Å². The number of aromatic nitrogens is 5. The highest BCUT2D eigenvalue weighted by atomic mass is 15.1. The van der Waals surface area contributed by atoms with Crippen LogP contribution in [-0.2, 0) is 19.9 Å². The zero-order chi connectivity index (χ0) is 17.5. The molecule has 4 aromatic heterocycles. The van der Waals surface area contributed by atoms with Gasteiger partial charge in [0.15, 0.2) is 0 Å². The van der Waals surface area contributed by atoms with Gasteiger partial charge in [-0.25, -0.2) is 4.98 Å². The van der Waals surface area contributed by atoms with Gasteiger partial charge in [0, 0.05) is 48.5 Å². The minimum atomic E-state index is 0.836. The number of hydrogen-bond donors (Lipinski definition) is 0. The number of nitrogens with zero attached hydrogens (tertiary/aromatic N) is 5. The van der Waals surface area contributed by atoms with E-state index in [9.17, 15) is 0 Å². The van der Waals surface area contributed by atoms with Crippen molar-refractivity contribution in [3.8, 4) is 0 Å². The summed E-state index contributed by atoms with van der Waals surface area (Å²) in [6.07, 6.45) is 7.13. The Morgan fingerprint density at radius 1 is 0.846 bits per heavy atom. The van der Waals surface area contributed by atoms with Crippen LogP contribution in [0.15, 0.2) is 61.1 Å². The van der Waals surface area contributed by atoms with Crippen LogP contribution in [0.1, 0.15) is 11.5 Å². The summed E-state index contributed by atoms with van der Waals surface area (Å²) >= 11 is 0. The van der Waals surface area contributed by atoms with Gasteiger partial charge < -0.3 is 4.57 Å². The largest absolute Gasteiger partial charge is 0.331 e. The summed E-state index contributed by atoms with van der Waals surface area (Å²) in [5.41, 5.74) is 5.10. The molecule has 0 aliphatic heterocycles. The molecule has 0 fully saturated rings. The number of benzene rings is 1. The zero-order valence-electron chi connectivity index (χ0n) is 14.4. The Bertz CT molecular complexity index is 1260. The quantitative estimate of drug-likeness (QED) is 0.501. The molecule has 0 amide bonds. The van der Waals surface area contributed by atoms with E-state index in [0.29, 0.717) is 0 Å². The van der Waals surface area contributed by atoms with Crippen molar-refractivity contribution in [2.75, 3.05) is 0 Å². The lowest BCUT2D eigenvalue weighted by Gasteiger charge is -2.04. The second-order valence-corrected chi connectivity index (χ2v) is 6.47. The van der Waals surface area contributed by atoms with Gasteiger partial charge in [-0.2, -0.15) is 0 Å². The Kier molecular flexibility index (Phi) is 3.38. The lowest BCUT2D eigenvalue weighted by atomic mass is 10.2. The van der Waals surface area contributed by atoms with Crippen LogP contribution in [0.4, 0.5) is 0 Å². The van der Waals surface area contributed by atoms with E-state index in [1.54, 1.807) is 6.20 Å². The van der Waals surface area contributed by atoms with E-state index in [2.05, 4.69) is 51.9 Å². The van der Waals surface area contributed by atoms with Crippen LogP contribution in [0.5, 0.6) is 0 Å². The highest BCUT2D eigenvalue weighted by Gasteiger charge is 2.11. The lowest BCUT2D eigenvalue weighted by molar-refractivity contribution is 0.778. The summed E-state index contributed by atoms with van der Waals surface area (Å²) in [4.78, 5) is 18.3. The van der Waals surface area contributed by atoms with Gasteiger partial charge in [-0.05, 0) is 36.8 Å². The molecule has 0 unspecified atom stereocenters. The second-order valence-electron chi connectivity index (χ2n) is 6.47. The van der Waals surface area contributed by atoms with E-state index >= 15 is 0 Å². The van der Waals surface area contributed by atoms with E-state index in [4.69, 9.17) is 9.97 Å². The first kappa shape index (κ1) is 15.0. The first-order valence-corrected chi connectivity index (χ1v) is 8.68. The summed E-state index contributed by atoms with van der Waals surface area (Å²) in [6, 6.07) is 14.4. The van der Waals surface area contributed by atoms with Crippen molar-refractivity contribution in [1.29, 1.82) is 0 Å². The minimum Gasteiger partial charge on any atom is -0.331 e. The van der Waals surface area contributed by atoms with Crippen molar-refractivity contribution in [1.82, 2.24) is 24.5 Å². The molecule has 4 heterocycles. The Morgan fingerprint density at radius 3 is 2.73 bits per heavy atom. The van der Waals surface area contributed by atoms with Gasteiger partial charge in [0.25, 0.3) is 0 Å². The summed E-state index contributed by atoms with van der Waals surface area (Å²) in [7, 11) is 2.07. The SMILES string of the molecule is Cn1c(CCc2ccc3cnccc3n2)nc2c3ncccc3ccc21. The molecule has 5 aromatic rings. The molecule has 0 spiro atoms. The van der Waals surface area contributed by atoms with Crippen LogP contribution in [0.3, 0.4) is 0 Å². The molecule has 0 saturated carbocycles. The summed E-state index contributed by atoms with van der Waals surface area (Å²) in [6.45, 7) is 0. The summed E-state index contributed by atoms with van der Waals surface area (Å²) in [5, 5.41) is 2.19. The minimum absolute atomic E-state index is 0.836. The van der Waals surface area contributed by atoms with Crippen LogP contribution >= 0.6 is 0 Å². The number of pyridine rings is 3. The van der Waals surface area contributed by atoms with E-state index in [1.165, 1.54) is 0 Å². The number of fused-ring (bicyclic) bond motifs is 4. The highest BCUT2D eigenvalue weighted by molar-refractivity contribution is 6.01. The summed E-state index contributed by atoms with van der Waals surface area (Å²) in [5.74, 6) is 1.05. The van der Waals surface area contributed by atoms with Gasteiger partial charge in [-0.15, -0.1) is 0 Å². The molecule has 0 saturated heterocycles. The fourth-order valence-electron chi connectivity index (χ4n) is 3.45. The second kappa shape index (κ2) is 5.88. The predicted molar refractivity (Wildman–Crippen MR) is 103 cm³/mol. The lowest BCUT2D eigenvalue weighted by Crippen LogP contribution is -2.01. The molecule has 0 atom stereocenters. The van der Waals surface area contributed by atoms with E-state index in [1.807, 2.05) is 24.5 Å². The third kappa shape index (κ3) is 2.40. The fourth-order valence-corrected chi connectivity index (χ4v) is 3.45. The molecule has 5 heteroatoms. The number of aryl methyl sites for hydroxylation is 3. The first-order valence-electron chi connectivity index (χ1n) is 8.68. The van der Waals surface area contributed by atoms with Gasteiger partial charge >= 0.3 is 0 Å².